The van der Waals surface area contributed by atoms with Gasteiger partial charge in [0.1, 0.15) is 7.85 Å². The Hall–Kier alpha value is -1.04. The van der Waals surface area contributed by atoms with Crippen LogP contribution in [-0.2, 0) is 10.2 Å². The van der Waals surface area contributed by atoms with Gasteiger partial charge in [-0.1, -0.05) is 25.4 Å². The largest absolute Gasteiger partial charge is 0.522 e. The highest BCUT2D eigenvalue weighted by molar-refractivity contribution is 6.32. The second kappa shape index (κ2) is 4.45. The van der Waals surface area contributed by atoms with Crippen molar-refractivity contribution in [3.63, 3.8) is 0 Å². The highest BCUT2D eigenvalue weighted by atomic mass is 19.4. The van der Waals surface area contributed by atoms with E-state index in [0.717, 1.165) is 11.0 Å². The minimum Gasteiger partial charge on any atom is -0.291 e. The summed E-state index contributed by atoms with van der Waals surface area (Å²) in [6, 6.07) is 1.81. The minimum absolute atomic E-state index is 0.415. The summed E-state index contributed by atoms with van der Waals surface area (Å²) in [5.74, 6) is 0. The molecule has 0 unspecified atom stereocenters. The molecule has 6 heteroatoms. The van der Waals surface area contributed by atoms with Gasteiger partial charge in [0.25, 0.3) is 0 Å². The van der Waals surface area contributed by atoms with E-state index < -0.39 is 18.4 Å². The monoisotopic (exact) mass is 231 g/mol. The van der Waals surface area contributed by atoms with E-state index in [2.05, 4.69) is 9.72 Å². The average molecular weight is 231 g/mol. The molecular weight excluding hydrogens is 218 g/mol. The molecule has 0 aliphatic carbocycles. The lowest BCUT2D eigenvalue weighted by atomic mass is 9.84. The van der Waals surface area contributed by atoms with Crippen LogP contribution in [0.3, 0.4) is 0 Å². The van der Waals surface area contributed by atoms with Crippen molar-refractivity contribution in [1.29, 1.82) is 0 Å². The van der Waals surface area contributed by atoms with Gasteiger partial charge in [-0.15, -0.1) is 13.2 Å². The first kappa shape index (κ1) is 13.0. The summed E-state index contributed by atoms with van der Waals surface area (Å²) >= 11 is 0. The van der Waals surface area contributed by atoms with Gasteiger partial charge in [-0.2, -0.15) is 0 Å². The fourth-order valence-electron chi connectivity index (χ4n) is 1.27. The van der Waals surface area contributed by atoms with Gasteiger partial charge in [0.2, 0.25) is 0 Å². The van der Waals surface area contributed by atoms with E-state index in [1.54, 1.807) is 26.2 Å². The molecule has 88 valence electrons. The van der Waals surface area contributed by atoms with Crippen LogP contribution in [0.2, 0.25) is 0 Å². The van der Waals surface area contributed by atoms with E-state index in [4.69, 9.17) is 0 Å². The van der Waals surface area contributed by atoms with E-state index in [0.29, 0.717) is 0 Å². The Labute approximate surface area is 93.2 Å². The summed E-state index contributed by atoms with van der Waals surface area (Å²) in [5, 5.41) is 0. The Morgan fingerprint density at radius 3 is 2.44 bits per heavy atom. The average Bonchev–Trinajstić information content (AvgIpc) is 2.14. The normalized spacial score (nSPS) is 12.8. The lowest BCUT2D eigenvalue weighted by molar-refractivity contribution is -0.329. The van der Waals surface area contributed by atoms with Gasteiger partial charge >= 0.3 is 6.36 Å². The van der Waals surface area contributed by atoms with Gasteiger partial charge < -0.3 is 0 Å². The predicted octanol–water partition coefficient (Wildman–Crippen LogP) is 1.15. The Kier molecular flexibility index (Phi) is 3.63. The van der Waals surface area contributed by atoms with Crippen molar-refractivity contribution in [2.75, 3.05) is 6.61 Å². The molecule has 0 aromatic carbocycles. The maximum atomic E-state index is 11.9. The highest BCUT2D eigenvalue weighted by Crippen LogP contribution is 2.26. The number of aromatic nitrogens is 1. The third-order valence-corrected chi connectivity index (χ3v) is 2.25. The Morgan fingerprint density at radius 1 is 1.31 bits per heavy atom. The van der Waals surface area contributed by atoms with Crippen LogP contribution in [0.1, 0.15) is 19.4 Å². The maximum Gasteiger partial charge on any atom is 0.522 e. The molecule has 0 radical (unpaired) electrons. The van der Waals surface area contributed by atoms with E-state index in [9.17, 15) is 13.2 Å². The number of pyridine rings is 1. The van der Waals surface area contributed by atoms with Crippen LogP contribution in [0.5, 0.6) is 0 Å². The van der Waals surface area contributed by atoms with Crippen LogP contribution in [0, 0.1) is 0 Å². The van der Waals surface area contributed by atoms with Crippen LogP contribution in [0.25, 0.3) is 0 Å². The molecule has 0 aliphatic rings. The van der Waals surface area contributed by atoms with E-state index >= 15 is 0 Å². The SMILES string of the molecule is Bc1cncc(C(C)(C)COC(F)(F)F)c1. The third-order valence-electron chi connectivity index (χ3n) is 2.25. The molecule has 0 amide bonds. The first-order valence-corrected chi connectivity index (χ1v) is 4.83. The number of hydrogen-bond acceptors (Lipinski definition) is 2. The van der Waals surface area contributed by atoms with E-state index in [-0.39, 0.29) is 0 Å². The quantitative estimate of drug-likeness (QED) is 0.728. The molecule has 1 aromatic heterocycles. The molecule has 0 bridgehead atoms. The number of ether oxygens (including phenoxy) is 1. The molecule has 16 heavy (non-hydrogen) atoms. The van der Waals surface area contributed by atoms with Crippen molar-refractivity contribution in [1.82, 2.24) is 4.98 Å². The number of rotatable bonds is 3. The van der Waals surface area contributed by atoms with Gasteiger partial charge in [0.15, 0.2) is 0 Å². The summed E-state index contributed by atoms with van der Waals surface area (Å²) < 4.78 is 39.7. The van der Waals surface area contributed by atoms with E-state index in [1.807, 2.05) is 13.9 Å². The topological polar surface area (TPSA) is 22.1 Å². The standard InChI is InChI=1S/C10H13BF3NO/c1-9(2,6-16-10(12,13)14)7-3-8(11)5-15-4-7/h3-5H,6,11H2,1-2H3. The molecule has 0 N–H and O–H groups in total. The van der Waals surface area contributed by atoms with Gasteiger partial charge in [-0.05, 0) is 5.56 Å². The molecular formula is C10H13BF3NO. The number of alkyl halides is 3. The third kappa shape index (κ3) is 3.85. The second-order valence-corrected chi connectivity index (χ2v) is 4.37. The summed E-state index contributed by atoms with van der Waals surface area (Å²) in [4.78, 5) is 3.96. The smallest absolute Gasteiger partial charge is 0.291 e. The molecule has 0 aliphatic heterocycles. The van der Waals surface area contributed by atoms with Crippen molar-refractivity contribution >= 4 is 13.3 Å². The summed E-state index contributed by atoms with van der Waals surface area (Å²) in [7, 11) is 1.84. The zero-order valence-electron chi connectivity index (χ0n) is 9.43. The molecule has 0 saturated carbocycles. The molecule has 1 heterocycles. The van der Waals surface area contributed by atoms with E-state index in [1.165, 1.54) is 0 Å². The summed E-state index contributed by atoms with van der Waals surface area (Å²) in [5.41, 5.74) is 0.934. The summed E-state index contributed by atoms with van der Waals surface area (Å²) in [6.45, 7) is 2.96. The van der Waals surface area contributed by atoms with Crippen molar-refractivity contribution in [3.05, 3.63) is 24.0 Å². The molecule has 2 nitrogen and oxygen atoms in total. The van der Waals surface area contributed by atoms with Crippen LogP contribution < -0.4 is 5.46 Å². The van der Waals surface area contributed by atoms with Crippen molar-refractivity contribution in [3.8, 4) is 0 Å². The first-order chi connectivity index (χ1) is 7.21. The molecule has 0 atom stereocenters. The molecule has 1 rings (SSSR count). The highest BCUT2D eigenvalue weighted by Gasteiger charge is 2.33. The fourth-order valence-corrected chi connectivity index (χ4v) is 1.27. The zero-order valence-corrected chi connectivity index (χ0v) is 9.43. The fraction of sp³-hybridized carbons (Fsp3) is 0.500. The predicted molar refractivity (Wildman–Crippen MR) is 57.4 cm³/mol. The van der Waals surface area contributed by atoms with Crippen molar-refractivity contribution in [2.24, 2.45) is 0 Å². The Morgan fingerprint density at radius 2 is 1.94 bits per heavy atom. The van der Waals surface area contributed by atoms with Crippen LogP contribution in [0.15, 0.2) is 18.5 Å². The van der Waals surface area contributed by atoms with Gasteiger partial charge in [0.05, 0.1) is 6.61 Å². The lowest BCUT2D eigenvalue weighted by Crippen LogP contribution is -2.30. The second-order valence-electron chi connectivity index (χ2n) is 4.37. The van der Waals surface area contributed by atoms with Crippen LogP contribution in [-0.4, -0.2) is 25.8 Å². The number of halogens is 3. The van der Waals surface area contributed by atoms with Gasteiger partial charge in [-0.3, -0.25) is 9.72 Å². The van der Waals surface area contributed by atoms with Gasteiger partial charge in [-0.25, -0.2) is 0 Å². The minimum atomic E-state index is -4.59. The Balaban J connectivity index is 2.77. The van der Waals surface area contributed by atoms with Crippen LogP contribution >= 0.6 is 0 Å². The number of nitrogens with zero attached hydrogens (tertiary/aromatic N) is 1. The van der Waals surface area contributed by atoms with Crippen LogP contribution in [0.4, 0.5) is 13.2 Å². The summed E-state index contributed by atoms with van der Waals surface area (Å²) in [6.07, 6.45) is -1.37. The molecule has 0 spiro atoms. The van der Waals surface area contributed by atoms with Crippen molar-refractivity contribution < 1.29 is 17.9 Å². The lowest BCUT2D eigenvalue weighted by Gasteiger charge is -2.25. The molecule has 0 saturated heterocycles. The first-order valence-electron chi connectivity index (χ1n) is 4.83. The Bertz CT molecular complexity index is 365. The zero-order chi connectivity index (χ0) is 12.4. The maximum absolute atomic E-state index is 11.9. The molecule has 1 aromatic rings. The van der Waals surface area contributed by atoms with Gasteiger partial charge in [0, 0.05) is 17.8 Å². The molecule has 0 fully saturated rings. The van der Waals surface area contributed by atoms with Crippen molar-refractivity contribution in [2.45, 2.75) is 25.6 Å². The number of hydrogen-bond donors (Lipinski definition) is 0.